The number of halogens is 1. The number of ether oxygens (including phenoxy) is 1. The first kappa shape index (κ1) is 11.6. The summed E-state index contributed by atoms with van der Waals surface area (Å²) in [5, 5.41) is 0.709. The van der Waals surface area contributed by atoms with Crippen molar-refractivity contribution in [2.75, 3.05) is 13.2 Å². The minimum Gasteiger partial charge on any atom is -0.380 e. The van der Waals surface area contributed by atoms with E-state index < -0.39 is 0 Å². The second-order valence-electron chi connectivity index (χ2n) is 3.44. The van der Waals surface area contributed by atoms with E-state index in [9.17, 15) is 0 Å². The summed E-state index contributed by atoms with van der Waals surface area (Å²) in [6.07, 6.45) is 0. The van der Waals surface area contributed by atoms with Crippen LogP contribution in [0.4, 0.5) is 0 Å². The molecule has 1 aromatic heterocycles. The number of nitrogens with zero attached hydrogens (tertiary/aromatic N) is 1. The van der Waals surface area contributed by atoms with Crippen molar-refractivity contribution >= 4 is 34.9 Å². The summed E-state index contributed by atoms with van der Waals surface area (Å²) < 4.78 is 8.06. The maximum Gasteiger partial charge on any atom is 0.178 e. The molecule has 0 atom stereocenters. The van der Waals surface area contributed by atoms with Crippen molar-refractivity contribution in [2.45, 2.75) is 13.5 Å². The zero-order chi connectivity index (χ0) is 11.5. The van der Waals surface area contributed by atoms with Gasteiger partial charge in [0.25, 0.3) is 0 Å². The zero-order valence-electron chi connectivity index (χ0n) is 9.00. The molecule has 0 bridgehead atoms. The van der Waals surface area contributed by atoms with E-state index in [1.807, 2.05) is 29.7 Å². The number of fused-ring (bicyclic) bond motifs is 1. The van der Waals surface area contributed by atoms with Crippen molar-refractivity contribution in [3.63, 3.8) is 0 Å². The average molecular weight is 257 g/mol. The molecule has 86 valence electrons. The number of nitrogens with one attached hydrogen (secondary N) is 1. The molecular weight excluding hydrogens is 244 g/mol. The predicted octanol–water partition coefficient (Wildman–Crippen LogP) is 3.39. The highest BCUT2D eigenvalue weighted by Gasteiger charge is 2.04. The second kappa shape index (κ2) is 4.99. The van der Waals surface area contributed by atoms with E-state index in [0.29, 0.717) is 16.4 Å². The molecule has 0 amide bonds. The van der Waals surface area contributed by atoms with Crippen LogP contribution < -0.4 is 0 Å². The zero-order valence-corrected chi connectivity index (χ0v) is 10.6. The molecule has 1 N–H and O–H groups in total. The van der Waals surface area contributed by atoms with E-state index in [2.05, 4.69) is 4.98 Å². The third kappa shape index (κ3) is 2.29. The number of aromatic amines is 1. The number of aromatic nitrogens is 2. The van der Waals surface area contributed by atoms with Gasteiger partial charge < -0.3 is 14.3 Å². The fourth-order valence-electron chi connectivity index (χ4n) is 1.66. The summed E-state index contributed by atoms with van der Waals surface area (Å²) in [6, 6.07) is 5.71. The number of hydrogen-bond donors (Lipinski definition) is 1. The lowest BCUT2D eigenvalue weighted by atomic mass is 10.3. The van der Waals surface area contributed by atoms with Crippen molar-refractivity contribution in [1.82, 2.24) is 9.55 Å². The summed E-state index contributed by atoms with van der Waals surface area (Å²) in [5.74, 6) is 0. The fraction of sp³-hybridized carbons (Fsp3) is 0.364. The van der Waals surface area contributed by atoms with Gasteiger partial charge in [0.15, 0.2) is 4.77 Å². The molecule has 16 heavy (non-hydrogen) atoms. The SMILES string of the molecule is CCOCCn1c(=S)[nH]c2cc(Cl)ccc21. The van der Waals surface area contributed by atoms with E-state index in [0.717, 1.165) is 24.2 Å². The van der Waals surface area contributed by atoms with Crippen LogP contribution in [0.5, 0.6) is 0 Å². The lowest BCUT2D eigenvalue weighted by Gasteiger charge is -2.04. The predicted molar refractivity (Wildman–Crippen MR) is 68.6 cm³/mol. The Morgan fingerprint density at radius 2 is 2.31 bits per heavy atom. The molecule has 3 nitrogen and oxygen atoms in total. The summed E-state index contributed by atoms with van der Waals surface area (Å²) >= 11 is 11.2. The molecule has 0 aliphatic heterocycles. The maximum absolute atomic E-state index is 5.92. The third-order valence-corrected chi connectivity index (χ3v) is 2.96. The topological polar surface area (TPSA) is 29.9 Å². The van der Waals surface area contributed by atoms with Gasteiger partial charge in [-0.1, -0.05) is 11.6 Å². The van der Waals surface area contributed by atoms with Crippen LogP contribution in [0.2, 0.25) is 5.02 Å². The van der Waals surface area contributed by atoms with Crippen molar-refractivity contribution in [3.05, 3.63) is 28.0 Å². The molecule has 0 fully saturated rings. The molecular formula is C11H13ClN2OS. The number of rotatable bonds is 4. The normalized spacial score (nSPS) is 11.1. The van der Waals surface area contributed by atoms with E-state index in [1.54, 1.807) is 0 Å². The second-order valence-corrected chi connectivity index (χ2v) is 4.26. The highest BCUT2D eigenvalue weighted by Crippen LogP contribution is 2.18. The highest BCUT2D eigenvalue weighted by atomic mass is 35.5. The lowest BCUT2D eigenvalue weighted by Crippen LogP contribution is -2.05. The Morgan fingerprint density at radius 1 is 1.50 bits per heavy atom. The van der Waals surface area contributed by atoms with Gasteiger partial charge in [0, 0.05) is 18.2 Å². The van der Waals surface area contributed by atoms with Crippen LogP contribution in [-0.4, -0.2) is 22.8 Å². The first-order valence-corrected chi connectivity index (χ1v) is 5.97. The minimum atomic E-state index is 0.667. The standard InChI is InChI=1S/C11H13ClN2OS/c1-2-15-6-5-14-10-4-3-8(12)7-9(10)13-11(14)16/h3-4,7H,2,5-6H2,1H3,(H,13,16). The van der Waals surface area contributed by atoms with Gasteiger partial charge in [-0.25, -0.2) is 0 Å². The van der Waals surface area contributed by atoms with E-state index in [-0.39, 0.29) is 0 Å². The van der Waals surface area contributed by atoms with Crippen LogP contribution in [-0.2, 0) is 11.3 Å². The molecule has 5 heteroatoms. The molecule has 0 spiro atoms. The lowest BCUT2D eigenvalue weighted by molar-refractivity contribution is 0.139. The molecule has 0 radical (unpaired) electrons. The van der Waals surface area contributed by atoms with Crippen LogP contribution in [0.15, 0.2) is 18.2 Å². The highest BCUT2D eigenvalue weighted by molar-refractivity contribution is 7.71. The number of hydrogen-bond acceptors (Lipinski definition) is 2. The Balaban J connectivity index is 2.36. The molecule has 0 unspecified atom stereocenters. The maximum atomic E-state index is 5.92. The first-order chi connectivity index (χ1) is 7.72. The fourth-order valence-corrected chi connectivity index (χ4v) is 2.13. The summed E-state index contributed by atoms with van der Waals surface area (Å²) in [6.45, 7) is 4.13. The number of benzene rings is 1. The van der Waals surface area contributed by atoms with E-state index >= 15 is 0 Å². The smallest absolute Gasteiger partial charge is 0.178 e. The molecule has 1 aromatic carbocycles. The molecule has 0 aliphatic carbocycles. The van der Waals surface area contributed by atoms with Crippen LogP contribution >= 0.6 is 23.8 Å². The molecule has 0 saturated heterocycles. The molecule has 0 saturated carbocycles. The third-order valence-electron chi connectivity index (χ3n) is 2.40. The van der Waals surface area contributed by atoms with Crippen LogP contribution in [0.3, 0.4) is 0 Å². The number of imidazole rings is 1. The Bertz CT molecular complexity index is 546. The van der Waals surface area contributed by atoms with Gasteiger partial charge in [-0.15, -0.1) is 0 Å². The van der Waals surface area contributed by atoms with Gasteiger partial charge in [0.05, 0.1) is 17.6 Å². The summed E-state index contributed by atoms with van der Waals surface area (Å²) in [4.78, 5) is 3.13. The van der Waals surface area contributed by atoms with Crippen molar-refractivity contribution in [1.29, 1.82) is 0 Å². The molecule has 1 heterocycles. The van der Waals surface area contributed by atoms with Crippen molar-refractivity contribution in [3.8, 4) is 0 Å². The van der Waals surface area contributed by atoms with E-state index in [1.165, 1.54) is 0 Å². The van der Waals surface area contributed by atoms with Crippen molar-refractivity contribution < 1.29 is 4.74 Å². The van der Waals surface area contributed by atoms with Crippen LogP contribution in [0.25, 0.3) is 11.0 Å². The Labute approximate surface area is 104 Å². The largest absolute Gasteiger partial charge is 0.380 e. The van der Waals surface area contributed by atoms with Gasteiger partial charge in [-0.3, -0.25) is 0 Å². The Hall–Kier alpha value is -0.840. The van der Waals surface area contributed by atoms with Gasteiger partial charge in [0.1, 0.15) is 0 Å². The van der Waals surface area contributed by atoms with Gasteiger partial charge in [0.2, 0.25) is 0 Å². The van der Waals surface area contributed by atoms with E-state index in [4.69, 9.17) is 28.6 Å². The van der Waals surface area contributed by atoms with Crippen LogP contribution in [0.1, 0.15) is 6.92 Å². The number of H-pyrrole nitrogens is 1. The molecule has 2 aromatic rings. The summed E-state index contributed by atoms with van der Waals surface area (Å²) in [5.41, 5.74) is 2.03. The van der Waals surface area contributed by atoms with Gasteiger partial charge in [-0.2, -0.15) is 0 Å². The first-order valence-electron chi connectivity index (χ1n) is 5.18. The Morgan fingerprint density at radius 3 is 3.06 bits per heavy atom. The monoisotopic (exact) mass is 256 g/mol. The van der Waals surface area contributed by atoms with Crippen LogP contribution in [0, 0.1) is 4.77 Å². The van der Waals surface area contributed by atoms with Gasteiger partial charge in [-0.05, 0) is 37.3 Å². The molecule has 0 aliphatic rings. The minimum absolute atomic E-state index is 0.667. The average Bonchev–Trinajstić information content (AvgIpc) is 2.55. The Kier molecular flexibility index (Phi) is 3.63. The van der Waals surface area contributed by atoms with Gasteiger partial charge >= 0.3 is 0 Å². The van der Waals surface area contributed by atoms with Crippen molar-refractivity contribution in [2.24, 2.45) is 0 Å². The summed E-state index contributed by atoms with van der Waals surface area (Å²) in [7, 11) is 0. The quantitative estimate of drug-likeness (QED) is 0.671. The molecule has 2 rings (SSSR count).